The van der Waals surface area contributed by atoms with Crippen molar-refractivity contribution in [2.45, 2.75) is 26.4 Å². The van der Waals surface area contributed by atoms with Gasteiger partial charge in [-0.3, -0.25) is 4.68 Å². The number of aryl methyl sites for hydroxylation is 1. The van der Waals surface area contributed by atoms with Gasteiger partial charge in [0.15, 0.2) is 0 Å². The van der Waals surface area contributed by atoms with Gasteiger partial charge >= 0.3 is 0 Å². The van der Waals surface area contributed by atoms with Crippen LogP contribution in [0.25, 0.3) is 0 Å². The maximum atomic E-state index is 14.2. The number of nitrogens with zero attached hydrogens (tertiary/aromatic N) is 2. The molecule has 0 aliphatic rings. The predicted molar refractivity (Wildman–Crippen MR) is 82.5 cm³/mol. The van der Waals surface area contributed by atoms with E-state index >= 15 is 0 Å². The fourth-order valence-electron chi connectivity index (χ4n) is 2.24. The standard InChI is InChI=1S/C14H16BrClFN3/c1-3-18-13(12-9(15)6-5-7-11(12)17)14-10(16)8-19-20(14)4-2/h5-8,13,18H,3-4H2,1-2H3. The van der Waals surface area contributed by atoms with Crippen LogP contribution in [0.4, 0.5) is 4.39 Å². The second-order valence-corrected chi connectivity index (χ2v) is 5.58. The molecule has 20 heavy (non-hydrogen) atoms. The number of benzene rings is 1. The van der Waals surface area contributed by atoms with Crippen molar-refractivity contribution < 1.29 is 4.39 Å². The Hall–Kier alpha value is -0.910. The van der Waals surface area contributed by atoms with E-state index in [9.17, 15) is 4.39 Å². The van der Waals surface area contributed by atoms with Crippen LogP contribution in [0.1, 0.15) is 31.1 Å². The summed E-state index contributed by atoms with van der Waals surface area (Å²) in [5.74, 6) is -0.273. The van der Waals surface area contributed by atoms with Crippen molar-refractivity contribution in [3.63, 3.8) is 0 Å². The first-order valence-corrected chi connectivity index (χ1v) is 7.65. The molecule has 0 radical (unpaired) electrons. The molecule has 2 aromatic rings. The summed E-state index contributed by atoms with van der Waals surface area (Å²) in [6.45, 7) is 5.32. The number of hydrogen-bond acceptors (Lipinski definition) is 2. The number of halogens is 3. The van der Waals surface area contributed by atoms with Crippen molar-refractivity contribution in [2.75, 3.05) is 6.54 Å². The fourth-order valence-corrected chi connectivity index (χ4v) is 3.06. The molecule has 2 rings (SSSR count). The van der Waals surface area contributed by atoms with E-state index in [2.05, 4.69) is 26.3 Å². The highest BCUT2D eigenvalue weighted by Crippen LogP contribution is 2.34. The molecule has 0 aliphatic heterocycles. The first-order chi connectivity index (χ1) is 9.60. The first-order valence-electron chi connectivity index (χ1n) is 6.48. The number of rotatable bonds is 5. The van der Waals surface area contributed by atoms with Crippen LogP contribution in [0.15, 0.2) is 28.9 Å². The lowest BCUT2D eigenvalue weighted by molar-refractivity contribution is 0.514. The predicted octanol–water partition coefficient (Wildman–Crippen LogP) is 4.16. The molecular formula is C14H16BrClFN3. The van der Waals surface area contributed by atoms with E-state index in [1.807, 2.05) is 19.9 Å². The van der Waals surface area contributed by atoms with Crippen molar-refractivity contribution >= 4 is 27.5 Å². The first kappa shape index (κ1) is 15.5. The molecule has 1 atom stereocenters. The van der Waals surface area contributed by atoms with E-state index in [1.165, 1.54) is 6.07 Å². The topological polar surface area (TPSA) is 29.9 Å². The van der Waals surface area contributed by atoms with Gasteiger partial charge in [0, 0.05) is 16.6 Å². The normalized spacial score (nSPS) is 12.7. The van der Waals surface area contributed by atoms with Gasteiger partial charge in [0.05, 0.1) is 23.0 Å². The summed E-state index contributed by atoms with van der Waals surface area (Å²) in [4.78, 5) is 0. The van der Waals surface area contributed by atoms with Crippen LogP contribution in [0.3, 0.4) is 0 Å². The zero-order valence-electron chi connectivity index (χ0n) is 11.3. The SMILES string of the molecule is CCNC(c1c(F)cccc1Br)c1c(Cl)cnn1CC. The molecule has 3 nitrogen and oxygen atoms in total. The summed E-state index contributed by atoms with van der Waals surface area (Å²) in [5.41, 5.74) is 1.33. The van der Waals surface area contributed by atoms with E-state index in [1.54, 1.807) is 16.9 Å². The molecule has 6 heteroatoms. The minimum atomic E-state index is -0.342. The zero-order valence-corrected chi connectivity index (χ0v) is 13.7. The van der Waals surface area contributed by atoms with Crippen molar-refractivity contribution in [1.82, 2.24) is 15.1 Å². The Labute approximate surface area is 131 Å². The lowest BCUT2D eigenvalue weighted by atomic mass is 10.0. The lowest BCUT2D eigenvalue weighted by Gasteiger charge is -2.22. The molecule has 0 saturated carbocycles. The van der Waals surface area contributed by atoms with Crippen LogP contribution < -0.4 is 5.32 Å². The summed E-state index contributed by atoms with van der Waals surface area (Å²) in [6.07, 6.45) is 1.60. The maximum absolute atomic E-state index is 14.2. The van der Waals surface area contributed by atoms with Crippen molar-refractivity contribution in [3.05, 3.63) is 51.0 Å². The molecule has 1 heterocycles. The van der Waals surface area contributed by atoms with E-state index in [4.69, 9.17) is 11.6 Å². The summed E-state index contributed by atoms with van der Waals surface area (Å²) >= 11 is 9.67. The van der Waals surface area contributed by atoms with Gasteiger partial charge in [-0.2, -0.15) is 5.10 Å². The Morgan fingerprint density at radius 3 is 2.80 bits per heavy atom. The van der Waals surface area contributed by atoms with Gasteiger partial charge in [-0.05, 0) is 25.6 Å². The second-order valence-electron chi connectivity index (χ2n) is 4.32. The molecule has 1 aromatic heterocycles. The third-order valence-electron chi connectivity index (χ3n) is 3.10. The Bertz CT molecular complexity index is 580. The molecular weight excluding hydrogens is 345 g/mol. The van der Waals surface area contributed by atoms with Crippen molar-refractivity contribution in [2.24, 2.45) is 0 Å². The van der Waals surface area contributed by atoms with Gasteiger partial charge in [-0.15, -0.1) is 0 Å². The maximum Gasteiger partial charge on any atom is 0.129 e. The van der Waals surface area contributed by atoms with Crippen LogP contribution in [-0.4, -0.2) is 16.3 Å². The summed E-state index contributed by atoms with van der Waals surface area (Å²) < 4.78 is 16.7. The molecule has 0 bridgehead atoms. The van der Waals surface area contributed by atoms with E-state index < -0.39 is 0 Å². The molecule has 0 fully saturated rings. The van der Waals surface area contributed by atoms with E-state index in [-0.39, 0.29) is 11.9 Å². The Morgan fingerprint density at radius 2 is 2.20 bits per heavy atom. The smallest absolute Gasteiger partial charge is 0.129 e. The van der Waals surface area contributed by atoms with Crippen LogP contribution in [0, 0.1) is 5.82 Å². The summed E-state index contributed by atoms with van der Waals surface area (Å²) in [6, 6.07) is 4.60. The van der Waals surface area contributed by atoms with Crippen molar-refractivity contribution in [1.29, 1.82) is 0 Å². The number of nitrogens with one attached hydrogen (secondary N) is 1. The molecule has 1 unspecified atom stereocenters. The Kier molecular flexibility index (Phi) is 5.18. The number of hydrogen-bond donors (Lipinski definition) is 1. The highest BCUT2D eigenvalue weighted by Gasteiger charge is 2.25. The van der Waals surface area contributed by atoms with Crippen molar-refractivity contribution in [3.8, 4) is 0 Å². The molecule has 0 saturated heterocycles. The van der Waals surface area contributed by atoms with E-state index in [0.29, 0.717) is 28.1 Å². The molecule has 0 aliphatic carbocycles. The highest BCUT2D eigenvalue weighted by molar-refractivity contribution is 9.10. The monoisotopic (exact) mass is 359 g/mol. The third kappa shape index (κ3) is 2.90. The molecule has 108 valence electrons. The zero-order chi connectivity index (χ0) is 14.7. The Balaban J connectivity index is 2.59. The molecule has 1 N–H and O–H groups in total. The van der Waals surface area contributed by atoms with Crippen LogP contribution >= 0.6 is 27.5 Å². The quantitative estimate of drug-likeness (QED) is 0.868. The van der Waals surface area contributed by atoms with Crippen LogP contribution in [0.2, 0.25) is 5.02 Å². The van der Waals surface area contributed by atoms with Gasteiger partial charge in [0.1, 0.15) is 5.82 Å². The van der Waals surface area contributed by atoms with Gasteiger partial charge in [0.25, 0.3) is 0 Å². The average Bonchev–Trinajstić information content (AvgIpc) is 2.78. The Morgan fingerprint density at radius 1 is 1.45 bits per heavy atom. The minimum absolute atomic E-state index is 0.273. The lowest BCUT2D eigenvalue weighted by Crippen LogP contribution is -2.26. The van der Waals surface area contributed by atoms with Crippen LogP contribution in [-0.2, 0) is 6.54 Å². The van der Waals surface area contributed by atoms with Crippen LogP contribution in [0.5, 0.6) is 0 Å². The van der Waals surface area contributed by atoms with Gasteiger partial charge in [-0.1, -0.05) is 40.5 Å². The highest BCUT2D eigenvalue weighted by atomic mass is 79.9. The average molecular weight is 361 g/mol. The summed E-state index contributed by atoms with van der Waals surface area (Å²) in [7, 11) is 0. The molecule has 0 amide bonds. The molecule has 0 spiro atoms. The van der Waals surface area contributed by atoms with Gasteiger partial charge in [0.2, 0.25) is 0 Å². The molecule has 1 aromatic carbocycles. The van der Waals surface area contributed by atoms with Gasteiger partial charge < -0.3 is 5.32 Å². The second kappa shape index (κ2) is 6.70. The largest absolute Gasteiger partial charge is 0.305 e. The minimum Gasteiger partial charge on any atom is -0.305 e. The van der Waals surface area contributed by atoms with E-state index in [0.717, 1.165) is 5.69 Å². The summed E-state index contributed by atoms with van der Waals surface area (Å²) in [5, 5.41) is 8.05. The third-order valence-corrected chi connectivity index (χ3v) is 4.09. The van der Waals surface area contributed by atoms with Gasteiger partial charge in [-0.25, -0.2) is 4.39 Å². The number of aromatic nitrogens is 2. The fraction of sp³-hybridized carbons (Fsp3) is 0.357.